The molecule has 0 saturated heterocycles. The van der Waals surface area contributed by atoms with E-state index in [1.807, 2.05) is 69.8 Å². The molecular formula is C39H37Cl2N5O4. The fourth-order valence-corrected chi connectivity index (χ4v) is 7.86. The molecule has 0 radical (unpaired) electrons. The van der Waals surface area contributed by atoms with Gasteiger partial charge in [0.15, 0.2) is 0 Å². The molecule has 0 spiro atoms. The van der Waals surface area contributed by atoms with E-state index in [-0.39, 0.29) is 17.5 Å². The van der Waals surface area contributed by atoms with Crippen LogP contribution in [0.25, 0.3) is 32.9 Å². The van der Waals surface area contributed by atoms with Gasteiger partial charge in [0.1, 0.15) is 11.4 Å². The summed E-state index contributed by atoms with van der Waals surface area (Å²) < 4.78 is 10.2. The maximum absolute atomic E-state index is 14.9. The number of hydrogen-bond donors (Lipinski definition) is 1. The van der Waals surface area contributed by atoms with E-state index in [0.717, 1.165) is 60.9 Å². The molecule has 1 N–H and O–H groups in total. The third-order valence-electron chi connectivity index (χ3n) is 9.83. The Morgan fingerprint density at radius 1 is 1.02 bits per heavy atom. The van der Waals surface area contributed by atoms with E-state index in [9.17, 15) is 14.7 Å². The Labute approximate surface area is 300 Å². The van der Waals surface area contributed by atoms with Gasteiger partial charge < -0.3 is 19.3 Å². The monoisotopic (exact) mass is 709 g/mol. The Morgan fingerprint density at radius 3 is 2.44 bits per heavy atom. The van der Waals surface area contributed by atoms with Crippen LogP contribution in [0.5, 0.6) is 5.75 Å². The Morgan fingerprint density at radius 2 is 1.76 bits per heavy atom. The van der Waals surface area contributed by atoms with Crippen molar-refractivity contribution < 1.29 is 19.4 Å². The number of aromatic carboxylic acids is 1. The molecule has 256 valence electrons. The number of anilines is 1. The molecule has 1 amide bonds. The second kappa shape index (κ2) is 12.8. The van der Waals surface area contributed by atoms with Gasteiger partial charge in [-0.15, -0.1) is 0 Å². The lowest BCUT2D eigenvalue weighted by Gasteiger charge is -2.34. The van der Waals surface area contributed by atoms with Crippen LogP contribution in [-0.4, -0.2) is 49.5 Å². The number of carboxylic acids is 1. The number of rotatable bonds is 8. The van der Waals surface area contributed by atoms with Gasteiger partial charge in [-0.2, -0.15) is 5.10 Å². The smallest absolute Gasteiger partial charge is 0.336 e. The number of amides is 1. The van der Waals surface area contributed by atoms with Crippen molar-refractivity contribution in [3.63, 3.8) is 0 Å². The summed E-state index contributed by atoms with van der Waals surface area (Å²) in [6.45, 7) is 10.8. The number of para-hydroxylation sites is 1. The molecule has 11 heteroatoms. The Balaban J connectivity index is 1.38. The maximum Gasteiger partial charge on any atom is 0.336 e. The zero-order chi connectivity index (χ0) is 35.6. The molecule has 1 atom stereocenters. The van der Waals surface area contributed by atoms with Crippen molar-refractivity contribution in [1.29, 1.82) is 0 Å². The first-order valence-electron chi connectivity index (χ1n) is 16.6. The van der Waals surface area contributed by atoms with Gasteiger partial charge in [0.05, 0.1) is 39.6 Å². The molecule has 0 bridgehead atoms. The summed E-state index contributed by atoms with van der Waals surface area (Å²) in [7, 11) is 1.92. The van der Waals surface area contributed by atoms with Gasteiger partial charge in [0.2, 0.25) is 0 Å². The number of benzene rings is 3. The highest BCUT2D eigenvalue weighted by Crippen LogP contribution is 2.45. The highest BCUT2D eigenvalue weighted by atomic mass is 35.5. The van der Waals surface area contributed by atoms with Crippen molar-refractivity contribution in [1.82, 2.24) is 19.3 Å². The van der Waals surface area contributed by atoms with E-state index < -0.39 is 5.97 Å². The van der Waals surface area contributed by atoms with Gasteiger partial charge in [0, 0.05) is 58.4 Å². The fraction of sp³-hybridized carbons (Fsp3) is 0.282. The van der Waals surface area contributed by atoms with Crippen molar-refractivity contribution >= 4 is 62.6 Å². The summed E-state index contributed by atoms with van der Waals surface area (Å²) in [5.41, 5.74) is 9.10. The molecule has 7 rings (SSSR count). The van der Waals surface area contributed by atoms with E-state index >= 15 is 0 Å². The largest absolute Gasteiger partial charge is 0.494 e. The van der Waals surface area contributed by atoms with Crippen LogP contribution in [0, 0.1) is 27.7 Å². The number of fused-ring (bicyclic) bond motifs is 4. The fourth-order valence-electron chi connectivity index (χ4n) is 7.50. The van der Waals surface area contributed by atoms with Crippen LogP contribution in [0.3, 0.4) is 0 Å². The van der Waals surface area contributed by atoms with E-state index in [0.29, 0.717) is 53.3 Å². The quantitative estimate of drug-likeness (QED) is 0.158. The van der Waals surface area contributed by atoms with Crippen LogP contribution >= 0.6 is 23.2 Å². The van der Waals surface area contributed by atoms with Gasteiger partial charge in [-0.25, -0.2) is 4.79 Å². The summed E-state index contributed by atoms with van der Waals surface area (Å²) in [4.78, 5) is 33.3. The van der Waals surface area contributed by atoms with Crippen LogP contribution in [0.15, 0.2) is 54.7 Å². The minimum absolute atomic E-state index is 0.136. The lowest BCUT2D eigenvalue weighted by atomic mass is 9.98. The zero-order valence-corrected chi connectivity index (χ0v) is 30.3. The SMILES string of the molecule is Cc1cc(OCCCc2c3n(c4c(-c5c(C)nn(C)c5C)c(Cl)ccc24)C(C)CN(c2cccc4c(C(=O)O)ccnc24)C3=O)cc(C)c1Cl. The number of pyridine rings is 1. The van der Waals surface area contributed by atoms with E-state index in [4.69, 9.17) is 33.0 Å². The summed E-state index contributed by atoms with van der Waals surface area (Å²) in [6, 6.07) is 14.5. The van der Waals surface area contributed by atoms with Crippen molar-refractivity contribution in [2.75, 3.05) is 18.1 Å². The van der Waals surface area contributed by atoms with E-state index in [1.54, 1.807) is 17.0 Å². The Bertz CT molecular complexity index is 2350. The molecule has 50 heavy (non-hydrogen) atoms. The van der Waals surface area contributed by atoms with Crippen molar-refractivity contribution in [2.45, 2.75) is 53.5 Å². The van der Waals surface area contributed by atoms with Gasteiger partial charge in [0.25, 0.3) is 5.91 Å². The highest BCUT2D eigenvalue weighted by Gasteiger charge is 2.37. The molecule has 1 aliphatic heterocycles. The molecule has 3 aromatic heterocycles. The van der Waals surface area contributed by atoms with Crippen LogP contribution in [0.4, 0.5) is 5.69 Å². The first-order valence-corrected chi connectivity index (χ1v) is 17.3. The number of aryl methyl sites for hydroxylation is 5. The van der Waals surface area contributed by atoms with Gasteiger partial charge in [-0.3, -0.25) is 14.5 Å². The number of halogens is 2. The van der Waals surface area contributed by atoms with Gasteiger partial charge in [-0.1, -0.05) is 41.4 Å². The van der Waals surface area contributed by atoms with Crippen molar-refractivity contribution in [2.24, 2.45) is 7.05 Å². The minimum Gasteiger partial charge on any atom is -0.494 e. The number of hydrogen-bond acceptors (Lipinski definition) is 5. The molecule has 4 heterocycles. The standard InChI is InChI=1S/C39H37Cl2N5O4/c1-20-17-25(18-21(2)34(20)41)50-16-8-10-27-28-12-13-30(40)33(32-23(4)43-44(6)24(32)5)36(28)46-22(3)19-45(38(47)37(27)46)31-11-7-9-26-29(39(48)49)14-15-42-35(26)31/h7,9,11-15,17-18,22H,8,10,16,19H2,1-6H3,(H,48,49). The lowest BCUT2D eigenvalue weighted by molar-refractivity contribution is 0.0698. The predicted molar refractivity (Wildman–Crippen MR) is 198 cm³/mol. The normalized spacial score (nSPS) is 14.5. The average molecular weight is 711 g/mol. The summed E-state index contributed by atoms with van der Waals surface area (Å²) in [6.07, 6.45) is 2.70. The van der Waals surface area contributed by atoms with Crippen molar-refractivity contribution in [3.05, 3.63) is 104 Å². The van der Waals surface area contributed by atoms with Gasteiger partial charge in [-0.05, 0) is 94.5 Å². The molecule has 1 unspecified atom stereocenters. The first-order chi connectivity index (χ1) is 23.9. The second-order valence-electron chi connectivity index (χ2n) is 13.1. The molecule has 1 aliphatic rings. The summed E-state index contributed by atoms with van der Waals surface area (Å²) >= 11 is 13.4. The lowest BCUT2D eigenvalue weighted by Crippen LogP contribution is -2.42. The number of nitrogens with zero attached hydrogens (tertiary/aromatic N) is 5. The van der Waals surface area contributed by atoms with E-state index in [2.05, 4.69) is 16.5 Å². The summed E-state index contributed by atoms with van der Waals surface area (Å²) in [5, 5.41) is 17.3. The molecular weight excluding hydrogens is 673 g/mol. The topological polar surface area (TPSA) is 102 Å². The predicted octanol–water partition coefficient (Wildman–Crippen LogP) is 9.06. The van der Waals surface area contributed by atoms with Gasteiger partial charge >= 0.3 is 5.97 Å². The van der Waals surface area contributed by atoms with E-state index in [1.165, 1.54) is 12.3 Å². The average Bonchev–Trinajstić information content (AvgIpc) is 3.55. The Kier molecular flexibility index (Phi) is 8.60. The first kappa shape index (κ1) is 33.6. The third kappa shape index (κ3) is 5.40. The number of carboxylic acid groups (broad SMARTS) is 1. The number of ether oxygens (including phenoxy) is 1. The maximum atomic E-state index is 14.9. The molecule has 9 nitrogen and oxygen atoms in total. The molecule has 6 aromatic rings. The number of carbonyl (C=O) groups excluding carboxylic acids is 1. The summed E-state index contributed by atoms with van der Waals surface area (Å²) in [5.74, 6) is -0.479. The molecule has 0 saturated carbocycles. The third-order valence-corrected chi connectivity index (χ3v) is 10.7. The van der Waals surface area contributed by atoms with Crippen LogP contribution in [0.1, 0.15) is 68.3 Å². The highest BCUT2D eigenvalue weighted by molar-refractivity contribution is 6.35. The van der Waals surface area contributed by atoms with Crippen LogP contribution in [-0.2, 0) is 13.5 Å². The number of aromatic nitrogens is 4. The van der Waals surface area contributed by atoms with Crippen LogP contribution < -0.4 is 9.64 Å². The Hall–Kier alpha value is -4.86. The molecule has 0 aliphatic carbocycles. The zero-order valence-electron chi connectivity index (χ0n) is 28.8. The number of carbonyl (C=O) groups is 2. The molecule has 0 fully saturated rings. The molecule has 3 aromatic carbocycles. The van der Waals surface area contributed by atoms with Crippen molar-refractivity contribution in [3.8, 4) is 16.9 Å². The second-order valence-corrected chi connectivity index (χ2v) is 13.9. The van der Waals surface area contributed by atoms with Crippen LogP contribution in [0.2, 0.25) is 10.0 Å². The minimum atomic E-state index is -1.05.